The van der Waals surface area contributed by atoms with Crippen molar-refractivity contribution in [1.29, 1.82) is 0 Å². The van der Waals surface area contributed by atoms with E-state index in [1.54, 1.807) is 22.6 Å². The maximum Gasteiger partial charge on any atom is 0.297 e. The fourth-order valence-corrected chi connectivity index (χ4v) is 1.97. The lowest BCUT2D eigenvalue weighted by Crippen LogP contribution is -2.03. The summed E-state index contributed by atoms with van der Waals surface area (Å²) >= 11 is 7.22. The number of aromatic nitrogens is 1. The van der Waals surface area contributed by atoms with Crippen molar-refractivity contribution in [2.45, 2.75) is 12.3 Å². The molecule has 0 atom stereocenters. The number of hydrogen-bond acceptors (Lipinski definition) is 3. The van der Waals surface area contributed by atoms with Crippen LogP contribution in [0.5, 0.6) is 0 Å². The minimum Gasteiger partial charge on any atom is -0.258 e. The Hall–Kier alpha value is -0.570. The lowest BCUT2D eigenvalue weighted by Gasteiger charge is -2.04. The molecule has 1 aromatic heterocycles. The first-order valence-electron chi connectivity index (χ1n) is 3.65. The topological polar surface area (TPSA) is 56.0 Å². The Morgan fingerprint density at radius 3 is 2.67 bits per heavy atom. The standard InChI is InChI=1S/C7H4ClF2IN2O2/c8-2-4-3(11)1-5(13(14)15)6(12-4)7(9)10/h1,7H,2H2. The number of alkyl halides is 3. The molecular formula is C7H4ClF2IN2O2. The molecule has 15 heavy (non-hydrogen) atoms. The lowest BCUT2D eigenvalue weighted by atomic mass is 10.2. The third-order valence-electron chi connectivity index (χ3n) is 1.59. The van der Waals surface area contributed by atoms with Gasteiger partial charge in [0.05, 0.1) is 16.5 Å². The van der Waals surface area contributed by atoms with Crippen molar-refractivity contribution < 1.29 is 13.7 Å². The van der Waals surface area contributed by atoms with E-state index in [1.807, 2.05) is 0 Å². The van der Waals surface area contributed by atoms with Gasteiger partial charge >= 0.3 is 0 Å². The molecule has 82 valence electrons. The molecule has 8 heteroatoms. The van der Waals surface area contributed by atoms with E-state index in [-0.39, 0.29) is 11.6 Å². The maximum atomic E-state index is 12.4. The zero-order valence-corrected chi connectivity index (χ0v) is 10.00. The molecule has 0 aliphatic rings. The van der Waals surface area contributed by atoms with Gasteiger partial charge in [0.15, 0.2) is 5.69 Å². The van der Waals surface area contributed by atoms with E-state index in [9.17, 15) is 18.9 Å². The first-order chi connectivity index (χ1) is 6.97. The van der Waals surface area contributed by atoms with Crippen molar-refractivity contribution in [3.8, 4) is 0 Å². The molecule has 1 heterocycles. The highest BCUT2D eigenvalue weighted by Crippen LogP contribution is 2.29. The minimum atomic E-state index is -2.98. The van der Waals surface area contributed by atoms with Gasteiger partial charge in [-0.1, -0.05) is 0 Å². The Balaban J connectivity index is 3.38. The van der Waals surface area contributed by atoms with E-state index in [4.69, 9.17) is 11.6 Å². The molecule has 0 saturated heterocycles. The Morgan fingerprint density at radius 1 is 1.67 bits per heavy atom. The van der Waals surface area contributed by atoms with Crippen LogP contribution in [0.1, 0.15) is 17.8 Å². The zero-order chi connectivity index (χ0) is 11.6. The van der Waals surface area contributed by atoms with Crippen LogP contribution in [0.2, 0.25) is 0 Å². The van der Waals surface area contributed by atoms with Crippen molar-refractivity contribution >= 4 is 39.9 Å². The summed E-state index contributed by atoms with van der Waals surface area (Å²) in [5.41, 5.74) is -1.29. The summed E-state index contributed by atoms with van der Waals surface area (Å²) < 4.78 is 25.2. The normalized spacial score (nSPS) is 10.7. The highest BCUT2D eigenvalue weighted by molar-refractivity contribution is 14.1. The van der Waals surface area contributed by atoms with Gasteiger partial charge in [0.25, 0.3) is 12.1 Å². The smallest absolute Gasteiger partial charge is 0.258 e. The van der Waals surface area contributed by atoms with Gasteiger partial charge in [-0.2, -0.15) is 0 Å². The monoisotopic (exact) mass is 348 g/mol. The molecule has 0 aliphatic carbocycles. The largest absolute Gasteiger partial charge is 0.297 e. The van der Waals surface area contributed by atoms with Crippen LogP contribution in [0.15, 0.2) is 6.07 Å². The van der Waals surface area contributed by atoms with E-state index in [2.05, 4.69) is 4.98 Å². The fraction of sp³-hybridized carbons (Fsp3) is 0.286. The van der Waals surface area contributed by atoms with Crippen LogP contribution < -0.4 is 0 Å². The number of pyridine rings is 1. The van der Waals surface area contributed by atoms with Gasteiger partial charge in [-0.3, -0.25) is 10.1 Å². The predicted molar refractivity (Wildman–Crippen MR) is 58.1 cm³/mol. The molecule has 0 fully saturated rings. The Morgan fingerprint density at radius 2 is 2.27 bits per heavy atom. The Bertz CT molecular complexity index is 403. The third-order valence-corrected chi connectivity index (χ3v) is 2.77. The molecule has 0 aliphatic heterocycles. The van der Waals surface area contributed by atoms with Gasteiger partial charge < -0.3 is 0 Å². The van der Waals surface area contributed by atoms with Crippen LogP contribution in [-0.2, 0) is 5.88 Å². The summed E-state index contributed by atoms with van der Waals surface area (Å²) in [6.07, 6.45) is -2.98. The molecule has 1 rings (SSSR count). The van der Waals surface area contributed by atoms with E-state index in [0.29, 0.717) is 3.57 Å². The average Bonchev–Trinajstić information content (AvgIpc) is 2.16. The fourth-order valence-electron chi connectivity index (χ4n) is 0.934. The molecule has 0 amide bonds. The highest BCUT2D eigenvalue weighted by Gasteiger charge is 2.25. The second kappa shape index (κ2) is 4.97. The third kappa shape index (κ3) is 2.71. The highest BCUT2D eigenvalue weighted by atomic mass is 127. The quantitative estimate of drug-likeness (QED) is 0.365. The van der Waals surface area contributed by atoms with Crippen LogP contribution in [0.4, 0.5) is 14.5 Å². The number of nitrogens with zero attached hydrogens (tertiary/aromatic N) is 2. The van der Waals surface area contributed by atoms with Gasteiger partial charge in [-0.25, -0.2) is 13.8 Å². The van der Waals surface area contributed by atoms with Gasteiger partial charge in [-0.05, 0) is 22.6 Å². The van der Waals surface area contributed by atoms with Crippen molar-refractivity contribution in [1.82, 2.24) is 4.98 Å². The average molecular weight is 348 g/mol. The molecule has 0 unspecified atom stereocenters. The van der Waals surface area contributed by atoms with E-state index < -0.39 is 22.7 Å². The van der Waals surface area contributed by atoms with E-state index >= 15 is 0 Å². The first kappa shape index (κ1) is 12.5. The van der Waals surface area contributed by atoms with Crippen LogP contribution in [0.3, 0.4) is 0 Å². The maximum absolute atomic E-state index is 12.4. The van der Waals surface area contributed by atoms with E-state index in [0.717, 1.165) is 6.07 Å². The lowest BCUT2D eigenvalue weighted by molar-refractivity contribution is -0.386. The van der Waals surface area contributed by atoms with E-state index in [1.165, 1.54) is 0 Å². The minimum absolute atomic E-state index is 0.0595. The zero-order valence-electron chi connectivity index (χ0n) is 7.08. The molecule has 0 saturated carbocycles. The van der Waals surface area contributed by atoms with Gasteiger partial charge in [0.1, 0.15) is 0 Å². The van der Waals surface area contributed by atoms with Crippen molar-refractivity contribution in [2.24, 2.45) is 0 Å². The summed E-state index contributed by atoms with van der Waals surface area (Å²) in [5.74, 6) is -0.0595. The second-order valence-corrected chi connectivity index (χ2v) is 3.94. The van der Waals surface area contributed by atoms with Gasteiger partial charge in [-0.15, -0.1) is 11.6 Å². The first-order valence-corrected chi connectivity index (χ1v) is 5.26. The SMILES string of the molecule is O=[N+]([O-])c1cc(I)c(CCl)nc1C(F)F. The van der Waals surface area contributed by atoms with Gasteiger partial charge in [0, 0.05) is 9.64 Å². The molecule has 0 N–H and O–H groups in total. The second-order valence-electron chi connectivity index (χ2n) is 2.51. The van der Waals surface area contributed by atoms with Crippen molar-refractivity contribution in [2.75, 3.05) is 0 Å². The summed E-state index contributed by atoms with van der Waals surface area (Å²) in [4.78, 5) is 13.1. The van der Waals surface area contributed by atoms with Crippen molar-refractivity contribution in [3.05, 3.63) is 31.1 Å². The molecular weight excluding hydrogens is 344 g/mol. The van der Waals surface area contributed by atoms with Gasteiger partial charge in [0.2, 0.25) is 0 Å². The molecule has 0 spiro atoms. The van der Waals surface area contributed by atoms with Crippen molar-refractivity contribution in [3.63, 3.8) is 0 Å². The summed E-state index contributed by atoms with van der Waals surface area (Å²) in [7, 11) is 0. The summed E-state index contributed by atoms with van der Waals surface area (Å²) in [6.45, 7) is 0. The molecule has 0 radical (unpaired) electrons. The van der Waals surface area contributed by atoms with Crippen LogP contribution >= 0.6 is 34.2 Å². The Labute approximate surface area is 102 Å². The molecule has 0 bridgehead atoms. The van der Waals surface area contributed by atoms with Crippen LogP contribution in [0.25, 0.3) is 0 Å². The molecule has 1 aromatic rings. The number of hydrogen-bond donors (Lipinski definition) is 0. The molecule has 4 nitrogen and oxygen atoms in total. The van der Waals surface area contributed by atoms with Crippen LogP contribution in [0, 0.1) is 13.7 Å². The molecule has 0 aromatic carbocycles. The number of nitro groups is 1. The number of halogens is 4. The Kier molecular flexibility index (Phi) is 4.14. The summed E-state index contributed by atoms with van der Waals surface area (Å²) in [6, 6.07) is 1.05. The predicted octanol–water partition coefficient (Wildman–Crippen LogP) is 3.27. The number of rotatable bonds is 3. The van der Waals surface area contributed by atoms with Crippen LogP contribution in [-0.4, -0.2) is 9.91 Å². The summed E-state index contributed by atoms with van der Waals surface area (Å²) in [5, 5.41) is 10.5.